The fourth-order valence-corrected chi connectivity index (χ4v) is 3.72. The Hall–Kier alpha value is -2.42. The standard InChI is InChI=1S/C18H19F3N4O2/c1-10-16(22-17(26)14-8-13-6-7-15(14)27-13)23-24-25(10)9-11-2-4-12(5-3-11)18(19,20)21/h2-5,13-15H,6-9H2,1H3,(H,22,26). The van der Waals surface area contributed by atoms with Gasteiger partial charge < -0.3 is 10.1 Å². The van der Waals surface area contributed by atoms with Crippen molar-refractivity contribution in [3.05, 3.63) is 41.1 Å². The average Bonchev–Trinajstić information content (AvgIpc) is 3.33. The zero-order valence-corrected chi connectivity index (χ0v) is 14.7. The van der Waals surface area contributed by atoms with E-state index in [1.807, 2.05) is 0 Å². The molecule has 6 nitrogen and oxygen atoms in total. The second-order valence-electron chi connectivity index (χ2n) is 7.08. The van der Waals surface area contributed by atoms with Crippen LogP contribution in [-0.4, -0.2) is 33.1 Å². The van der Waals surface area contributed by atoms with Crippen molar-refractivity contribution in [3.8, 4) is 0 Å². The number of ether oxygens (including phenoxy) is 1. The van der Waals surface area contributed by atoms with Crippen LogP contribution in [0.2, 0.25) is 0 Å². The molecule has 0 radical (unpaired) electrons. The van der Waals surface area contributed by atoms with Crippen molar-refractivity contribution < 1.29 is 22.7 Å². The average molecular weight is 380 g/mol. The van der Waals surface area contributed by atoms with Crippen molar-refractivity contribution in [2.45, 2.75) is 51.1 Å². The SMILES string of the molecule is Cc1c(NC(=O)C2CC3CCC2O3)nnn1Cc1ccc(C(F)(F)F)cc1. The van der Waals surface area contributed by atoms with Crippen LogP contribution in [0.1, 0.15) is 36.1 Å². The zero-order chi connectivity index (χ0) is 19.2. The second kappa shape index (κ2) is 6.63. The first-order valence-electron chi connectivity index (χ1n) is 8.84. The van der Waals surface area contributed by atoms with Gasteiger partial charge in [0.25, 0.3) is 0 Å². The highest BCUT2D eigenvalue weighted by Gasteiger charge is 2.44. The van der Waals surface area contributed by atoms with Gasteiger partial charge in [-0.15, -0.1) is 5.10 Å². The minimum absolute atomic E-state index is 0.0162. The number of aromatic nitrogens is 3. The highest BCUT2D eigenvalue weighted by Crippen LogP contribution is 2.39. The molecular weight excluding hydrogens is 361 g/mol. The molecule has 4 rings (SSSR count). The Morgan fingerprint density at radius 3 is 2.63 bits per heavy atom. The molecule has 0 aliphatic carbocycles. The van der Waals surface area contributed by atoms with E-state index < -0.39 is 11.7 Å². The molecule has 3 atom stereocenters. The summed E-state index contributed by atoms with van der Waals surface area (Å²) in [5.74, 6) is 0.0878. The Bertz CT molecular complexity index is 847. The summed E-state index contributed by atoms with van der Waals surface area (Å²) in [6.45, 7) is 2.03. The summed E-state index contributed by atoms with van der Waals surface area (Å²) in [6.07, 6.45) is -1.54. The van der Waals surface area contributed by atoms with Crippen molar-refractivity contribution in [1.82, 2.24) is 15.0 Å². The predicted molar refractivity (Wildman–Crippen MR) is 89.9 cm³/mol. The summed E-state index contributed by atoms with van der Waals surface area (Å²) >= 11 is 0. The first-order chi connectivity index (χ1) is 12.8. The summed E-state index contributed by atoms with van der Waals surface area (Å²) in [7, 11) is 0. The number of carbonyl (C=O) groups is 1. The van der Waals surface area contributed by atoms with Crippen LogP contribution >= 0.6 is 0 Å². The second-order valence-corrected chi connectivity index (χ2v) is 7.08. The zero-order valence-electron chi connectivity index (χ0n) is 14.7. The maximum Gasteiger partial charge on any atom is 0.416 e. The van der Waals surface area contributed by atoms with E-state index in [1.54, 1.807) is 11.6 Å². The quantitative estimate of drug-likeness (QED) is 0.885. The van der Waals surface area contributed by atoms with E-state index in [4.69, 9.17) is 4.74 Å². The van der Waals surface area contributed by atoms with Gasteiger partial charge in [-0.1, -0.05) is 17.3 Å². The first-order valence-corrected chi connectivity index (χ1v) is 8.84. The number of benzene rings is 1. The lowest BCUT2D eigenvalue weighted by Gasteiger charge is -2.17. The lowest BCUT2D eigenvalue weighted by molar-refractivity contribution is -0.137. The van der Waals surface area contributed by atoms with E-state index in [9.17, 15) is 18.0 Å². The molecule has 27 heavy (non-hydrogen) atoms. The number of alkyl halides is 3. The third-order valence-electron chi connectivity index (χ3n) is 5.28. The number of anilines is 1. The molecule has 1 aromatic carbocycles. The number of halogens is 3. The Labute approximate surface area is 153 Å². The van der Waals surface area contributed by atoms with Gasteiger partial charge in [-0.3, -0.25) is 4.79 Å². The van der Waals surface area contributed by atoms with Crippen molar-refractivity contribution in [2.24, 2.45) is 5.92 Å². The number of carbonyl (C=O) groups excluding carboxylic acids is 1. The van der Waals surface area contributed by atoms with Crippen LogP contribution in [0, 0.1) is 12.8 Å². The Morgan fingerprint density at radius 1 is 1.30 bits per heavy atom. The van der Waals surface area contributed by atoms with Gasteiger partial charge in [0.15, 0.2) is 5.82 Å². The van der Waals surface area contributed by atoms with E-state index >= 15 is 0 Å². The van der Waals surface area contributed by atoms with Crippen LogP contribution < -0.4 is 5.32 Å². The van der Waals surface area contributed by atoms with E-state index in [0.29, 0.717) is 17.1 Å². The molecule has 2 bridgehead atoms. The molecule has 1 amide bonds. The first kappa shape index (κ1) is 18.0. The molecule has 1 aromatic heterocycles. The number of nitrogens with one attached hydrogen (secondary N) is 1. The smallest absolute Gasteiger partial charge is 0.374 e. The van der Waals surface area contributed by atoms with Gasteiger partial charge in [-0.05, 0) is 43.9 Å². The molecule has 0 saturated carbocycles. The topological polar surface area (TPSA) is 69.0 Å². The van der Waals surface area contributed by atoms with Gasteiger partial charge in [-0.25, -0.2) is 4.68 Å². The summed E-state index contributed by atoms with van der Waals surface area (Å²) in [4.78, 5) is 12.5. The summed E-state index contributed by atoms with van der Waals surface area (Å²) in [6, 6.07) is 4.91. The minimum atomic E-state index is -4.36. The molecular formula is C18H19F3N4O2. The van der Waals surface area contributed by atoms with Gasteiger partial charge in [-0.2, -0.15) is 13.2 Å². The molecule has 3 heterocycles. The maximum atomic E-state index is 12.6. The number of fused-ring (bicyclic) bond motifs is 2. The molecule has 2 aromatic rings. The molecule has 1 N–H and O–H groups in total. The molecule has 3 unspecified atom stereocenters. The van der Waals surface area contributed by atoms with Gasteiger partial charge >= 0.3 is 6.18 Å². The fraction of sp³-hybridized carbons (Fsp3) is 0.500. The van der Waals surface area contributed by atoms with Gasteiger partial charge in [0.2, 0.25) is 5.91 Å². The molecule has 144 valence electrons. The summed E-state index contributed by atoms with van der Waals surface area (Å²) < 4.78 is 45.2. The van der Waals surface area contributed by atoms with Crippen LogP contribution in [0.3, 0.4) is 0 Å². The third-order valence-corrected chi connectivity index (χ3v) is 5.28. The maximum absolute atomic E-state index is 12.6. The van der Waals surface area contributed by atoms with Crippen LogP contribution in [-0.2, 0) is 22.3 Å². The summed E-state index contributed by atoms with van der Waals surface area (Å²) in [5.41, 5.74) is 0.616. The Morgan fingerprint density at radius 2 is 2.04 bits per heavy atom. The molecule has 0 spiro atoms. The number of amides is 1. The Kier molecular flexibility index (Phi) is 4.41. The highest BCUT2D eigenvalue weighted by atomic mass is 19.4. The van der Waals surface area contributed by atoms with Crippen molar-refractivity contribution >= 4 is 11.7 Å². The number of hydrogen-bond acceptors (Lipinski definition) is 4. The molecule has 2 saturated heterocycles. The van der Waals surface area contributed by atoms with E-state index in [0.717, 1.165) is 31.4 Å². The molecule has 2 aliphatic heterocycles. The van der Waals surface area contributed by atoms with Crippen molar-refractivity contribution in [1.29, 1.82) is 0 Å². The predicted octanol–water partition coefficient (Wildman–Crippen LogP) is 3.16. The van der Waals surface area contributed by atoms with E-state index in [-0.39, 0.29) is 30.6 Å². The summed E-state index contributed by atoms with van der Waals surface area (Å²) in [5, 5.41) is 10.8. The molecule has 2 fully saturated rings. The largest absolute Gasteiger partial charge is 0.416 e. The van der Waals surface area contributed by atoms with Crippen LogP contribution in [0.25, 0.3) is 0 Å². The van der Waals surface area contributed by atoms with Crippen molar-refractivity contribution in [3.63, 3.8) is 0 Å². The number of hydrogen-bond donors (Lipinski definition) is 1. The Balaban J connectivity index is 1.42. The van der Waals surface area contributed by atoms with Crippen LogP contribution in [0.5, 0.6) is 0 Å². The van der Waals surface area contributed by atoms with Gasteiger partial charge in [0, 0.05) is 0 Å². The van der Waals surface area contributed by atoms with Crippen LogP contribution in [0.15, 0.2) is 24.3 Å². The lowest BCUT2D eigenvalue weighted by atomic mass is 9.88. The van der Waals surface area contributed by atoms with E-state index in [2.05, 4.69) is 15.6 Å². The number of rotatable bonds is 4. The highest BCUT2D eigenvalue weighted by molar-refractivity contribution is 5.92. The van der Waals surface area contributed by atoms with Crippen molar-refractivity contribution in [2.75, 3.05) is 5.32 Å². The number of nitrogens with zero attached hydrogens (tertiary/aromatic N) is 3. The lowest BCUT2D eigenvalue weighted by Crippen LogP contribution is -2.30. The minimum Gasteiger partial charge on any atom is -0.374 e. The fourth-order valence-electron chi connectivity index (χ4n) is 3.72. The van der Waals surface area contributed by atoms with Gasteiger partial charge in [0.1, 0.15) is 0 Å². The molecule has 9 heteroatoms. The van der Waals surface area contributed by atoms with Crippen LogP contribution in [0.4, 0.5) is 19.0 Å². The van der Waals surface area contributed by atoms with E-state index in [1.165, 1.54) is 12.1 Å². The van der Waals surface area contributed by atoms with Gasteiger partial charge in [0.05, 0.1) is 35.9 Å². The third kappa shape index (κ3) is 3.55. The monoisotopic (exact) mass is 380 g/mol. The molecule has 2 aliphatic rings. The normalized spacial score (nSPS) is 24.4.